The molecular formula is C58H36N6. The minimum atomic E-state index is 0.849. The summed E-state index contributed by atoms with van der Waals surface area (Å²) in [6, 6.07) is 73.9. The van der Waals surface area contributed by atoms with Crippen molar-refractivity contribution in [1.29, 1.82) is 0 Å². The molecule has 0 N–H and O–H groups in total. The van der Waals surface area contributed by atoms with E-state index < -0.39 is 0 Å². The van der Waals surface area contributed by atoms with Crippen LogP contribution in [0.5, 0.6) is 0 Å². The van der Waals surface area contributed by atoms with E-state index in [1.165, 1.54) is 65.2 Å². The quantitative estimate of drug-likeness (QED) is 0.174. The molecule has 0 amide bonds. The zero-order valence-corrected chi connectivity index (χ0v) is 34.5. The molecule has 6 aromatic heterocycles. The van der Waals surface area contributed by atoms with E-state index in [0.29, 0.717) is 0 Å². The van der Waals surface area contributed by atoms with Crippen molar-refractivity contribution in [2.24, 2.45) is 0 Å². The molecule has 0 spiro atoms. The fourth-order valence-corrected chi connectivity index (χ4v) is 10.7. The van der Waals surface area contributed by atoms with Crippen molar-refractivity contribution in [3.8, 4) is 34.1 Å². The predicted octanol–water partition coefficient (Wildman–Crippen LogP) is 14.5. The third-order valence-corrected chi connectivity index (χ3v) is 13.2. The summed E-state index contributed by atoms with van der Waals surface area (Å²) >= 11 is 0. The molecule has 0 unspecified atom stereocenters. The molecule has 6 heterocycles. The summed E-state index contributed by atoms with van der Waals surface area (Å²) in [7, 11) is 0. The van der Waals surface area contributed by atoms with Gasteiger partial charge in [-0.1, -0.05) is 109 Å². The molecule has 6 heteroatoms. The first kappa shape index (κ1) is 34.9. The molecule has 0 fully saturated rings. The fraction of sp³-hybridized carbons (Fsp3) is 0. The maximum atomic E-state index is 5.16. The van der Waals surface area contributed by atoms with Crippen molar-refractivity contribution in [1.82, 2.24) is 28.2 Å². The van der Waals surface area contributed by atoms with Gasteiger partial charge >= 0.3 is 0 Å². The Balaban J connectivity index is 0.920. The lowest BCUT2D eigenvalue weighted by molar-refractivity contribution is 1.08. The van der Waals surface area contributed by atoms with E-state index in [1.807, 2.05) is 12.4 Å². The number of aromatic nitrogens is 6. The first-order valence-corrected chi connectivity index (χ1v) is 21.7. The van der Waals surface area contributed by atoms with Crippen LogP contribution in [-0.4, -0.2) is 28.2 Å². The number of para-hydroxylation sites is 6. The fourth-order valence-electron chi connectivity index (χ4n) is 10.7. The molecule has 0 aliphatic carbocycles. The Morgan fingerprint density at radius 3 is 1.11 bits per heavy atom. The SMILES string of the molecule is c1ccc(-n2c3ccccc3c3c4c5ccccc5n(-c5ccc(-c6ccnc(-n7c8ccccc8c8c9c%10ccccc%10n(-c%10ccccc%10)c9ccc87)c6)nc5)c4ccc32)cc1. The van der Waals surface area contributed by atoms with Crippen LogP contribution in [0, 0.1) is 0 Å². The number of fused-ring (bicyclic) bond motifs is 14. The lowest BCUT2D eigenvalue weighted by Crippen LogP contribution is -1.99. The molecule has 0 atom stereocenters. The van der Waals surface area contributed by atoms with Gasteiger partial charge in [-0.2, -0.15) is 0 Å². The van der Waals surface area contributed by atoms with Crippen molar-refractivity contribution >= 4 is 87.2 Å². The summed E-state index contributed by atoms with van der Waals surface area (Å²) in [5, 5.41) is 9.85. The van der Waals surface area contributed by atoms with Crippen LogP contribution >= 0.6 is 0 Å². The largest absolute Gasteiger partial charge is 0.309 e. The van der Waals surface area contributed by atoms with E-state index >= 15 is 0 Å². The van der Waals surface area contributed by atoms with E-state index in [2.05, 4.69) is 225 Å². The summed E-state index contributed by atoms with van der Waals surface area (Å²) < 4.78 is 9.44. The van der Waals surface area contributed by atoms with Crippen LogP contribution in [0.2, 0.25) is 0 Å². The van der Waals surface area contributed by atoms with E-state index in [4.69, 9.17) is 9.97 Å². The lowest BCUT2D eigenvalue weighted by Gasteiger charge is -2.11. The van der Waals surface area contributed by atoms with Gasteiger partial charge in [0.15, 0.2) is 0 Å². The highest BCUT2D eigenvalue weighted by atomic mass is 15.1. The van der Waals surface area contributed by atoms with Crippen molar-refractivity contribution in [2.75, 3.05) is 0 Å². The van der Waals surface area contributed by atoms with Crippen molar-refractivity contribution in [3.63, 3.8) is 0 Å². The second kappa shape index (κ2) is 13.4. The van der Waals surface area contributed by atoms with Gasteiger partial charge in [0.2, 0.25) is 0 Å². The molecular weight excluding hydrogens is 781 g/mol. The van der Waals surface area contributed by atoms with Gasteiger partial charge in [-0.05, 0) is 97.1 Å². The molecule has 14 rings (SSSR count). The molecule has 0 saturated heterocycles. The third-order valence-electron chi connectivity index (χ3n) is 13.2. The highest BCUT2D eigenvalue weighted by Gasteiger charge is 2.23. The van der Waals surface area contributed by atoms with Gasteiger partial charge in [-0.15, -0.1) is 0 Å². The number of rotatable bonds is 5. The Morgan fingerprint density at radius 2 is 0.672 bits per heavy atom. The summed E-state index contributed by atoms with van der Waals surface area (Å²) in [6.07, 6.45) is 3.92. The Hall–Kier alpha value is -8.74. The zero-order chi connectivity index (χ0) is 41.9. The molecule has 64 heavy (non-hydrogen) atoms. The van der Waals surface area contributed by atoms with Crippen molar-refractivity contribution in [3.05, 3.63) is 219 Å². The molecule has 298 valence electrons. The van der Waals surface area contributed by atoms with Gasteiger partial charge in [0.1, 0.15) is 5.82 Å². The van der Waals surface area contributed by atoms with E-state index in [1.54, 1.807) is 0 Å². The smallest absolute Gasteiger partial charge is 0.138 e. The Kier molecular flexibility index (Phi) is 7.30. The second-order valence-corrected chi connectivity index (χ2v) is 16.6. The standard InChI is InChI=1S/C58H36N6/c1-3-15-38(16-4-1)61-46-23-11-7-19-41(46)55-50(61)29-30-52-57(55)43-21-9-13-25-48(43)63(52)40-27-28-45(60-36-40)37-33-34-59-54(35-37)64-49-26-14-10-22-44(49)58-53(64)32-31-51-56(58)42-20-8-12-24-47(42)62(51)39-17-5-2-6-18-39/h1-36H. The molecule has 14 aromatic rings. The minimum absolute atomic E-state index is 0.849. The highest BCUT2D eigenvalue weighted by molar-refractivity contribution is 6.30. The minimum Gasteiger partial charge on any atom is -0.309 e. The van der Waals surface area contributed by atoms with Gasteiger partial charge in [-0.25, -0.2) is 4.98 Å². The normalized spacial score (nSPS) is 12.1. The second-order valence-electron chi connectivity index (χ2n) is 16.6. The van der Waals surface area contributed by atoms with E-state index in [0.717, 1.165) is 56.2 Å². The first-order chi connectivity index (χ1) is 31.8. The molecule has 0 radical (unpaired) electrons. The van der Waals surface area contributed by atoms with Crippen LogP contribution in [0.15, 0.2) is 219 Å². The number of hydrogen-bond donors (Lipinski definition) is 0. The predicted molar refractivity (Wildman–Crippen MR) is 265 cm³/mol. The van der Waals surface area contributed by atoms with Crippen LogP contribution in [0.3, 0.4) is 0 Å². The molecule has 0 aliphatic heterocycles. The maximum absolute atomic E-state index is 5.16. The Labute approximate surface area is 366 Å². The van der Waals surface area contributed by atoms with Gasteiger partial charge in [0.05, 0.1) is 61.7 Å². The molecule has 0 saturated carbocycles. The summed E-state index contributed by atoms with van der Waals surface area (Å²) in [6.45, 7) is 0. The number of pyridine rings is 2. The van der Waals surface area contributed by atoms with Gasteiger partial charge in [-0.3, -0.25) is 9.55 Å². The zero-order valence-electron chi connectivity index (χ0n) is 34.5. The van der Waals surface area contributed by atoms with Crippen molar-refractivity contribution < 1.29 is 0 Å². The first-order valence-electron chi connectivity index (χ1n) is 21.7. The average molecular weight is 817 g/mol. The molecule has 8 aromatic carbocycles. The van der Waals surface area contributed by atoms with E-state index in [-0.39, 0.29) is 0 Å². The van der Waals surface area contributed by atoms with Crippen molar-refractivity contribution in [2.45, 2.75) is 0 Å². The highest BCUT2D eigenvalue weighted by Crippen LogP contribution is 2.44. The van der Waals surface area contributed by atoms with Crippen LogP contribution in [0.4, 0.5) is 0 Å². The van der Waals surface area contributed by atoms with Crippen LogP contribution in [0.25, 0.3) is 121 Å². The van der Waals surface area contributed by atoms with Gasteiger partial charge in [0, 0.05) is 66.2 Å². The molecule has 0 bridgehead atoms. The summed E-state index contributed by atoms with van der Waals surface area (Å²) in [4.78, 5) is 10.2. The van der Waals surface area contributed by atoms with Gasteiger partial charge in [0.25, 0.3) is 0 Å². The van der Waals surface area contributed by atoms with E-state index in [9.17, 15) is 0 Å². The van der Waals surface area contributed by atoms with Gasteiger partial charge < -0.3 is 13.7 Å². The summed E-state index contributed by atoms with van der Waals surface area (Å²) in [5.41, 5.74) is 14.5. The maximum Gasteiger partial charge on any atom is 0.138 e. The van der Waals surface area contributed by atoms with Crippen LogP contribution < -0.4 is 0 Å². The molecule has 6 nitrogen and oxygen atoms in total. The Bertz CT molecular complexity index is 4170. The van der Waals surface area contributed by atoms with Crippen LogP contribution in [0.1, 0.15) is 0 Å². The average Bonchev–Trinajstić information content (AvgIpc) is 4.09. The summed E-state index contributed by atoms with van der Waals surface area (Å²) in [5.74, 6) is 0.849. The molecule has 0 aliphatic rings. The topological polar surface area (TPSA) is 45.5 Å². The van der Waals surface area contributed by atoms with Crippen LogP contribution in [-0.2, 0) is 0 Å². The third kappa shape index (κ3) is 4.85. The lowest BCUT2D eigenvalue weighted by atomic mass is 10.1. The number of nitrogens with zero attached hydrogens (tertiary/aromatic N) is 6. The number of hydrogen-bond acceptors (Lipinski definition) is 2. The number of benzene rings is 8. The monoisotopic (exact) mass is 816 g/mol. The Morgan fingerprint density at radius 1 is 0.281 bits per heavy atom.